The van der Waals surface area contributed by atoms with Crippen molar-refractivity contribution in [2.75, 3.05) is 13.7 Å². The molecular formula is C16H19NO3. The number of ketones is 1. The van der Waals surface area contributed by atoms with Gasteiger partial charge in [-0.05, 0) is 36.2 Å². The molecule has 0 amide bonds. The van der Waals surface area contributed by atoms with E-state index < -0.39 is 0 Å². The highest BCUT2D eigenvalue weighted by molar-refractivity contribution is 5.95. The second-order valence-corrected chi connectivity index (χ2v) is 4.55. The SMILES string of the molecule is CCc1ccc(OCC(=O)c2cccn2C)c(OC)c1. The molecule has 0 aliphatic carbocycles. The van der Waals surface area contributed by atoms with Crippen LogP contribution in [0.5, 0.6) is 11.5 Å². The zero-order valence-corrected chi connectivity index (χ0v) is 12.1. The highest BCUT2D eigenvalue weighted by Gasteiger charge is 2.12. The molecule has 1 heterocycles. The van der Waals surface area contributed by atoms with Gasteiger partial charge in [0.15, 0.2) is 18.1 Å². The predicted octanol–water partition coefficient (Wildman–Crippen LogP) is 2.86. The number of carbonyl (C=O) groups is 1. The van der Waals surface area contributed by atoms with Crippen LogP contribution in [0.3, 0.4) is 0 Å². The molecule has 4 nitrogen and oxygen atoms in total. The van der Waals surface area contributed by atoms with Gasteiger partial charge in [0.25, 0.3) is 0 Å². The molecule has 0 bridgehead atoms. The zero-order chi connectivity index (χ0) is 14.5. The number of aromatic nitrogens is 1. The summed E-state index contributed by atoms with van der Waals surface area (Å²) >= 11 is 0. The smallest absolute Gasteiger partial charge is 0.216 e. The average Bonchev–Trinajstić information content (AvgIpc) is 2.90. The number of benzene rings is 1. The molecule has 0 N–H and O–H groups in total. The Bertz CT molecular complexity index is 602. The first-order valence-electron chi connectivity index (χ1n) is 6.60. The standard InChI is InChI=1S/C16H19NO3/c1-4-12-7-8-15(16(10-12)19-3)20-11-14(18)13-6-5-9-17(13)2/h5-10H,4,11H2,1-3H3. The molecule has 0 aliphatic heterocycles. The number of rotatable bonds is 6. The van der Waals surface area contributed by atoms with Gasteiger partial charge in [-0.25, -0.2) is 0 Å². The third kappa shape index (κ3) is 3.02. The van der Waals surface area contributed by atoms with Crippen LogP contribution in [0.15, 0.2) is 36.5 Å². The number of carbonyl (C=O) groups excluding carboxylic acids is 1. The summed E-state index contributed by atoms with van der Waals surface area (Å²) in [6.07, 6.45) is 2.77. The van der Waals surface area contributed by atoms with Crippen molar-refractivity contribution >= 4 is 5.78 Å². The van der Waals surface area contributed by atoms with Crippen molar-refractivity contribution in [1.29, 1.82) is 0 Å². The fourth-order valence-electron chi connectivity index (χ4n) is 2.02. The van der Waals surface area contributed by atoms with E-state index in [1.165, 1.54) is 5.56 Å². The maximum absolute atomic E-state index is 12.0. The first-order chi connectivity index (χ1) is 9.65. The molecule has 0 spiro atoms. The second-order valence-electron chi connectivity index (χ2n) is 4.55. The third-order valence-corrected chi connectivity index (χ3v) is 3.22. The molecule has 1 aromatic heterocycles. The quantitative estimate of drug-likeness (QED) is 0.760. The monoisotopic (exact) mass is 273 g/mol. The molecule has 20 heavy (non-hydrogen) atoms. The van der Waals surface area contributed by atoms with Crippen LogP contribution in [-0.4, -0.2) is 24.1 Å². The number of nitrogens with zero attached hydrogens (tertiary/aromatic N) is 1. The van der Waals surface area contributed by atoms with Crippen LogP contribution in [0.4, 0.5) is 0 Å². The summed E-state index contributed by atoms with van der Waals surface area (Å²) in [7, 11) is 3.44. The van der Waals surface area contributed by atoms with Crippen LogP contribution in [0.1, 0.15) is 23.0 Å². The Morgan fingerprint density at radius 3 is 2.65 bits per heavy atom. The number of hydrogen-bond acceptors (Lipinski definition) is 3. The zero-order valence-electron chi connectivity index (χ0n) is 12.1. The fourth-order valence-corrected chi connectivity index (χ4v) is 2.02. The molecule has 2 rings (SSSR count). The van der Waals surface area contributed by atoms with E-state index >= 15 is 0 Å². The van der Waals surface area contributed by atoms with Gasteiger partial charge in [0.05, 0.1) is 12.8 Å². The lowest BCUT2D eigenvalue weighted by molar-refractivity contribution is 0.0911. The van der Waals surface area contributed by atoms with E-state index in [1.807, 2.05) is 37.5 Å². The molecule has 0 aliphatic rings. The largest absolute Gasteiger partial charge is 0.493 e. The summed E-state index contributed by atoms with van der Waals surface area (Å²) in [5.41, 5.74) is 1.80. The van der Waals surface area contributed by atoms with Gasteiger partial charge in [-0.2, -0.15) is 0 Å². The Morgan fingerprint density at radius 1 is 1.25 bits per heavy atom. The van der Waals surface area contributed by atoms with Crippen LogP contribution in [0, 0.1) is 0 Å². The van der Waals surface area contributed by atoms with E-state index in [-0.39, 0.29) is 12.4 Å². The van der Waals surface area contributed by atoms with Gasteiger partial charge >= 0.3 is 0 Å². The van der Waals surface area contributed by atoms with Gasteiger partial charge in [-0.15, -0.1) is 0 Å². The molecule has 0 saturated heterocycles. The van der Waals surface area contributed by atoms with E-state index in [0.29, 0.717) is 17.2 Å². The maximum atomic E-state index is 12.0. The van der Waals surface area contributed by atoms with Crippen molar-refractivity contribution in [3.8, 4) is 11.5 Å². The number of ether oxygens (including phenoxy) is 2. The normalized spacial score (nSPS) is 10.3. The Morgan fingerprint density at radius 2 is 2.05 bits per heavy atom. The third-order valence-electron chi connectivity index (χ3n) is 3.22. The topological polar surface area (TPSA) is 40.5 Å². The van der Waals surface area contributed by atoms with Gasteiger partial charge in [-0.3, -0.25) is 4.79 Å². The predicted molar refractivity (Wildman–Crippen MR) is 77.6 cm³/mol. The Balaban J connectivity index is 2.07. The van der Waals surface area contributed by atoms with Gasteiger partial charge in [-0.1, -0.05) is 13.0 Å². The van der Waals surface area contributed by atoms with E-state index in [1.54, 1.807) is 17.7 Å². The summed E-state index contributed by atoms with van der Waals surface area (Å²) in [5.74, 6) is 1.19. The average molecular weight is 273 g/mol. The van der Waals surface area contributed by atoms with Crippen LogP contribution >= 0.6 is 0 Å². The van der Waals surface area contributed by atoms with Crippen LogP contribution in [0.2, 0.25) is 0 Å². The number of aryl methyl sites for hydroxylation is 2. The summed E-state index contributed by atoms with van der Waals surface area (Å²) in [6.45, 7) is 2.08. The van der Waals surface area contributed by atoms with E-state index in [0.717, 1.165) is 6.42 Å². The molecule has 2 aromatic rings. The Kier molecular flexibility index (Phi) is 4.45. The van der Waals surface area contributed by atoms with Crippen molar-refractivity contribution in [1.82, 2.24) is 4.57 Å². The lowest BCUT2D eigenvalue weighted by Crippen LogP contribution is -2.15. The number of methoxy groups -OCH3 is 1. The fraction of sp³-hybridized carbons (Fsp3) is 0.312. The molecular weight excluding hydrogens is 254 g/mol. The molecule has 4 heteroatoms. The van der Waals surface area contributed by atoms with Crippen molar-refractivity contribution in [3.05, 3.63) is 47.8 Å². The lowest BCUT2D eigenvalue weighted by Gasteiger charge is -2.11. The molecule has 0 atom stereocenters. The minimum absolute atomic E-state index is 0.000313. The minimum Gasteiger partial charge on any atom is -0.493 e. The maximum Gasteiger partial charge on any atom is 0.216 e. The summed E-state index contributed by atoms with van der Waals surface area (Å²) < 4.78 is 12.7. The van der Waals surface area contributed by atoms with Gasteiger partial charge in [0.1, 0.15) is 0 Å². The number of Topliss-reactive ketones (excluding diaryl/α,β-unsaturated/α-hetero) is 1. The van der Waals surface area contributed by atoms with Crippen molar-refractivity contribution in [2.24, 2.45) is 7.05 Å². The van der Waals surface area contributed by atoms with Crippen LogP contribution in [0.25, 0.3) is 0 Å². The Hall–Kier alpha value is -2.23. The summed E-state index contributed by atoms with van der Waals surface area (Å²) in [4.78, 5) is 12.0. The summed E-state index contributed by atoms with van der Waals surface area (Å²) in [5, 5.41) is 0. The molecule has 0 unspecified atom stereocenters. The van der Waals surface area contributed by atoms with Crippen LogP contribution < -0.4 is 9.47 Å². The van der Waals surface area contributed by atoms with E-state index in [9.17, 15) is 4.79 Å². The molecule has 0 saturated carbocycles. The molecule has 1 aromatic carbocycles. The van der Waals surface area contributed by atoms with Crippen molar-refractivity contribution < 1.29 is 14.3 Å². The van der Waals surface area contributed by atoms with Gasteiger partial charge in [0, 0.05) is 13.2 Å². The Labute approximate surface area is 118 Å². The van der Waals surface area contributed by atoms with E-state index in [4.69, 9.17) is 9.47 Å². The second kappa shape index (κ2) is 6.28. The highest BCUT2D eigenvalue weighted by Crippen LogP contribution is 2.28. The summed E-state index contributed by atoms with van der Waals surface area (Å²) in [6, 6.07) is 9.37. The molecule has 0 radical (unpaired) electrons. The first kappa shape index (κ1) is 14.2. The van der Waals surface area contributed by atoms with E-state index in [2.05, 4.69) is 6.92 Å². The lowest BCUT2D eigenvalue weighted by atomic mass is 10.1. The van der Waals surface area contributed by atoms with Crippen LogP contribution in [-0.2, 0) is 13.5 Å². The van der Waals surface area contributed by atoms with Crippen molar-refractivity contribution in [2.45, 2.75) is 13.3 Å². The number of hydrogen-bond donors (Lipinski definition) is 0. The van der Waals surface area contributed by atoms with Gasteiger partial charge in [0.2, 0.25) is 5.78 Å². The molecule has 0 fully saturated rings. The highest BCUT2D eigenvalue weighted by atomic mass is 16.5. The molecule has 106 valence electrons. The minimum atomic E-state index is -0.0564. The van der Waals surface area contributed by atoms with Gasteiger partial charge < -0.3 is 14.0 Å². The van der Waals surface area contributed by atoms with Crippen molar-refractivity contribution in [3.63, 3.8) is 0 Å². The first-order valence-corrected chi connectivity index (χ1v) is 6.60.